The van der Waals surface area contributed by atoms with E-state index < -0.39 is 0 Å². The maximum atomic E-state index is 5.06. The summed E-state index contributed by atoms with van der Waals surface area (Å²) in [4.78, 5) is 11.4. The molecule has 4 nitrogen and oxygen atoms in total. The van der Waals surface area contributed by atoms with Gasteiger partial charge in [0.1, 0.15) is 12.0 Å². The van der Waals surface area contributed by atoms with Gasteiger partial charge >= 0.3 is 0 Å². The van der Waals surface area contributed by atoms with Crippen molar-refractivity contribution < 1.29 is 0 Å². The van der Waals surface area contributed by atoms with Gasteiger partial charge in [-0.1, -0.05) is 48.2 Å². The number of hydrogen-bond donors (Lipinski definition) is 1. The SMILES string of the molecule is c1ccc2c(c1)N[C@H](C1=C(Sc3nc4ccccc4s3)CCCC1)n1c-2nc2ccccc21. The van der Waals surface area contributed by atoms with E-state index in [-0.39, 0.29) is 6.17 Å². The molecule has 0 spiro atoms. The highest BCUT2D eigenvalue weighted by molar-refractivity contribution is 8.04. The number of thiazole rings is 1. The van der Waals surface area contributed by atoms with Crippen molar-refractivity contribution in [1.29, 1.82) is 0 Å². The maximum absolute atomic E-state index is 5.06. The molecule has 162 valence electrons. The lowest BCUT2D eigenvalue weighted by molar-refractivity contribution is 0.576. The summed E-state index contributed by atoms with van der Waals surface area (Å²) in [7, 11) is 0. The van der Waals surface area contributed by atoms with Gasteiger partial charge in [-0.2, -0.15) is 0 Å². The Balaban J connectivity index is 1.39. The average Bonchev–Trinajstić information content (AvgIpc) is 3.45. The second-order valence-electron chi connectivity index (χ2n) is 8.59. The molecular formula is C27H22N4S2. The molecule has 0 amide bonds. The van der Waals surface area contributed by atoms with E-state index in [0.29, 0.717) is 0 Å². The van der Waals surface area contributed by atoms with Crippen LogP contribution < -0.4 is 5.32 Å². The van der Waals surface area contributed by atoms with Crippen molar-refractivity contribution in [3.63, 3.8) is 0 Å². The van der Waals surface area contributed by atoms with Gasteiger partial charge < -0.3 is 5.32 Å². The van der Waals surface area contributed by atoms with E-state index in [2.05, 4.69) is 82.7 Å². The summed E-state index contributed by atoms with van der Waals surface area (Å²) in [6, 6.07) is 25.5. The van der Waals surface area contributed by atoms with Crippen LogP contribution in [0, 0.1) is 0 Å². The molecule has 2 aliphatic rings. The van der Waals surface area contributed by atoms with Gasteiger partial charge in [-0.05, 0) is 72.6 Å². The molecule has 0 bridgehead atoms. The molecule has 1 N–H and O–H groups in total. The normalized spacial score (nSPS) is 17.8. The molecular weight excluding hydrogens is 444 g/mol. The minimum Gasteiger partial charge on any atom is -0.361 e. The largest absolute Gasteiger partial charge is 0.361 e. The molecule has 6 heteroatoms. The summed E-state index contributed by atoms with van der Waals surface area (Å²) in [5.74, 6) is 1.05. The average molecular weight is 467 g/mol. The smallest absolute Gasteiger partial charge is 0.155 e. The van der Waals surface area contributed by atoms with Gasteiger partial charge in [0.05, 0.1) is 21.3 Å². The third-order valence-electron chi connectivity index (χ3n) is 6.59. The topological polar surface area (TPSA) is 42.7 Å². The fourth-order valence-corrected chi connectivity index (χ4v) is 7.44. The Morgan fingerprint density at radius 3 is 2.58 bits per heavy atom. The Kier molecular flexibility index (Phi) is 4.55. The first-order valence-corrected chi connectivity index (χ1v) is 13.1. The summed E-state index contributed by atoms with van der Waals surface area (Å²) in [5.41, 5.74) is 7.13. The number of rotatable bonds is 3. The monoisotopic (exact) mass is 466 g/mol. The van der Waals surface area contributed by atoms with Crippen LogP contribution in [-0.2, 0) is 0 Å². The van der Waals surface area contributed by atoms with Crippen LogP contribution in [0.15, 0.2) is 87.6 Å². The Labute approximate surface area is 200 Å². The number of anilines is 1. The van der Waals surface area contributed by atoms with Crippen LogP contribution in [0.25, 0.3) is 32.6 Å². The lowest BCUT2D eigenvalue weighted by Gasteiger charge is -2.34. The number of para-hydroxylation sites is 4. The van der Waals surface area contributed by atoms with Gasteiger partial charge in [0.2, 0.25) is 0 Å². The zero-order valence-corrected chi connectivity index (χ0v) is 19.6. The molecule has 0 fully saturated rings. The summed E-state index contributed by atoms with van der Waals surface area (Å²) >= 11 is 3.67. The first kappa shape index (κ1) is 19.4. The van der Waals surface area contributed by atoms with Crippen LogP contribution in [-0.4, -0.2) is 14.5 Å². The van der Waals surface area contributed by atoms with Gasteiger partial charge in [0.25, 0.3) is 0 Å². The number of allylic oxidation sites excluding steroid dienone is 1. The molecule has 0 radical (unpaired) electrons. The number of imidazole rings is 1. The molecule has 1 aliphatic carbocycles. The molecule has 33 heavy (non-hydrogen) atoms. The molecule has 0 unspecified atom stereocenters. The summed E-state index contributed by atoms with van der Waals surface area (Å²) in [5, 5.41) is 3.88. The molecule has 7 rings (SSSR count). The second kappa shape index (κ2) is 7.75. The van der Waals surface area contributed by atoms with Crippen molar-refractivity contribution in [2.24, 2.45) is 0 Å². The first-order valence-electron chi connectivity index (χ1n) is 11.4. The van der Waals surface area contributed by atoms with Gasteiger partial charge in [-0.3, -0.25) is 4.57 Å². The Morgan fingerprint density at radius 1 is 0.848 bits per heavy atom. The van der Waals surface area contributed by atoms with Gasteiger partial charge in [-0.15, -0.1) is 11.3 Å². The molecule has 1 atom stereocenters. The molecule has 2 aromatic heterocycles. The maximum Gasteiger partial charge on any atom is 0.155 e. The number of fused-ring (bicyclic) bond motifs is 6. The van der Waals surface area contributed by atoms with Crippen LogP contribution in [0.1, 0.15) is 31.8 Å². The zero-order valence-electron chi connectivity index (χ0n) is 18.0. The van der Waals surface area contributed by atoms with Crippen molar-refractivity contribution >= 4 is 50.0 Å². The molecule has 1 aliphatic heterocycles. The van der Waals surface area contributed by atoms with Gasteiger partial charge in [-0.25, -0.2) is 9.97 Å². The van der Waals surface area contributed by atoms with Crippen LogP contribution in [0.4, 0.5) is 5.69 Å². The molecule has 0 saturated heterocycles. The van der Waals surface area contributed by atoms with Crippen molar-refractivity contribution in [1.82, 2.24) is 14.5 Å². The molecule has 3 heterocycles. The lowest BCUT2D eigenvalue weighted by Crippen LogP contribution is -2.27. The number of nitrogens with one attached hydrogen (secondary N) is 1. The first-order chi connectivity index (χ1) is 16.3. The van der Waals surface area contributed by atoms with Crippen LogP contribution in [0.3, 0.4) is 0 Å². The number of thioether (sulfide) groups is 1. The summed E-state index contributed by atoms with van der Waals surface area (Å²) < 4.78 is 4.81. The second-order valence-corrected chi connectivity index (χ2v) is 11.0. The standard InChI is InChI=1S/C27H22N4S2/c1-3-11-19-17(9-1)25-29-20-12-4-6-14-22(20)31(25)26(28-19)18-10-2-7-15-23(18)32-27-30-21-13-5-8-16-24(21)33-27/h1,3-6,8-9,11-14,16,26,28H,2,7,10,15H2/t26-/m0/s1. The molecule has 5 aromatic rings. The number of benzene rings is 3. The minimum absolute atomic E-state index is 0.0690. The highest BCUT2D eigenvalue weighted by atomic mass is 32.2. The summed E-state index contributed by atoms with van der Waals surface area (Å²) in [6.07, 6.45) is 4.73. The lowest BCUT2D eigenvalue weighted by atomic mass is 9.95. The van der Waals surface area contributed by atoms with Gasteiger partial charge in [0, 0.05) is 11.3 Å². The zero-order chi connectivity index (χ0) is 21.8. The van der Waals surface area contributed by atoms with E-state index in [1.54, 1.807) is 11.3 Å². The Hall–Kier alpha value is -3.09. The van der Waals surface area contributed by atoms with E-state index >= 15 is 0 Å². The minimum atomic E-state index is 0.0690. The molecule has 3 aromatic carbocycles. The fraction of sp³-hybridized carbons (Fsp3) is 0.185. The number of aromatic nitrogens is 3. The van der Waals surface area contributed by atoms with Crippen LogP contribution >= 0.6 is 23.1 Å². The highest BCUT2D eigenvalue weighted by Crippen LogP contribution is 2.47. The van der Waals surface area contributed by atoms with Gasteiger partial charge in [0.15, 0.2) is 4.34 Å². The van der Waals surface area contributed by atoms with Crippen LogP contribution in [0.2, 0.25) is 0 Å². The molecule has 0 saturated carbocycles. The highest BCUT2D eigenvalue weighted by Gasteiger charge is 2.32. The van der Waals surface area contributed by atoms with E-state index in [1.165, 1.54) is 39.1 Å². The summed E-state index contributed by atoms with van der Waals surface area (Å²) in [6.45, 7) is 0. The number of hydrogen-bond acceptors (Lipinski definition) is 5. The fourth-order valence-electron chi connectivity index (χ4n) is 5.06. The van der Waals surface area contributed by atoms with Crippen LogP contribution in [0.5, 0.6) is 0 Å². The predicted molar refractivity (Wildman–Crippen MR) is 139 cm³/mol. The predicted octanol–water partition coefficient (Wildman–Crippen LogP) is 7.86. The van der Waals surface area contributed by atoms with Crippen molar-refractivity contribution in [2.75, 3.05) is 5.32 Å². The van der Waals surface area contributed by atoms with E-state index in [4.69, 9.17) is 9.97 Å². The van der Waals surface area contributed by atoms with Crippen molar-refractivity contribution in [3.8, 4) is 11.4 Å². The van der Waals surface area contributed by atoms with E-state index in [0.717, 1.165) is 39.7 Å². The van der Waals surface area contributed by atoms with Crippen molar-refractivity contribution in [3.05, 3.63) is 83.3 Å². The quantitative estimate of drug-likeness (QED) is 0.294. The van der Waals surface area contributed by atoms with E-state index in [9.17, 15) is 0 Å². The third kappa shape index (κ3) is 3.20. The van der Waals surface area contributed by atoms with Crippen molar-refractivity contribution in [2.45, 2.75) is 36.2 Å². The third-order valence-corrected chi connectivity index (χ3v) is 8.90. The van der Waals surface area contributed by atoms with E-state index in [1.807, 2.05) is 11.8 Å². The Morgan fingerprint density at radius 2 is 1.64 bits per heavy atom. The number of nitrogens with zero attached hydrogens (tertiary/aromatic N) is 3. The Bertz CT molecular complexity index is 1510.